The van der Waals surface area contributed by atoms with Crippen molar-refractivity contribution < 1.29 is 31.1 Å². The monoisotopic (exact) mass is 442 g/mol. The van der Waals surface area contributed by atoms with E-state index in [0.717, 1.165) is 12.1 Å². The van der Waals surface area contributed by atoms with Gasteiger partial charge in [0.2, 0.25) is 10.0 Å². The van der Waals surface area contributed by atoms with Crippen LogP contribution in [0.2, 0.25) is 0 Å². The van der Waals surface area contributed by atoms with Crippen LogP contribution in [0.4, 0.5) is 13.2 Å². The first-order chi connectivity index (χ1) is 14.2. The van der Waals surface area contributed by atoms with Crippen LogP contribution in [0.25, 0.3) is 0 Å². The van der Waals surface area contributed by atoms with Crippen molar-refractivity contribution in [1.29, 1.82) is 0 Å². The smallest absolute Gasteiger partial charge is 0.419 e. The van der Waals surface area contributed by atoms with Crippen molar-refractivity contribution in [3.05, 3.63) is 65.7 Å². The molecule has 1 aliphatic rings. The summed E-state index contributed by atoms with van der Waals surface area (Å²) in [7, 11) is -3.52. The summed E-state index contributed by atoms with van der Waals surface area (Å²) in [4.78, 5) is 13.7. The van der Waals surface area contributed by atoms with E-state index in [0.29, 0.717) is 5.56 Å². The molecule has 6 nitrogen and oxygen atoms in total. The molecule has 1 fully saturated rings. The number of sulfonamides is 1. The summed E-state index contributed by atoms with van der Waals surface area (Å²) in [5.41, 5.74) is -0.276. The number of amides is 1. The molecule has 0 atom stereocenters. The summed E-state index contributed by atoms with van der Waals surface area (Å²) < 4.78 is 70.6. The quantitative estimate of drug-likeness (QED) is 0.690. The van der Waals surface area contributed by atoms with E-state index in [9.17, 15) is 26.4 Å². The lowest BCUT2D eigenvalue weighted by Gasteiger charge is -2.34. The van der Waals surface area contributed by atoms with Crippen LogP contribution in [0.1, 0.15) is 11.1 Å². The number of halogens is 3. The van der Waals surface area contributed by atoms with Gasteiger partial charge < -0.3 is 9.64 Å². The zero-order chi connectivity index (χ0) is 21.8. The summed E-state index contributed by atoms with van der Waals surface area (Å²) in [5.74, 6) is -1.03. The summed E-state index contributed by atoms with van der Waals surface area (Å²) in [6.07, 6.45) is -4.58. The predicted octanol–water partition coefficient (Wildman–Crippen LogP) is 2.76. The molecule has 2 aromatic rings. The first-order valence-electron chi connectivity index (χ1n) is 9.25. The Morgan fingerprint density at radius 2 is 1.53 bits per heavy atom. The molecule has 0 bridgehead atoms. The van der Waals surface area contributed by atoms with E-state index in [1.165, 1.54) is 21.3 Å². The molecule has 2 aromatic carbocycles. The molecule has 0 N–H and O–H groups in total. The molecule has 30 heavy (non-hydrogen) atoms. The summed E-state index contributed by atoms with van der Waals surface area (Å²) >= 11 is 0. The van der Waals surface area contributed by atoms with Crippen molar-refractivity contribution in [2.45, 2.75) is 11.9 Å². The van der Waals surface area contributed by atoms with Gasteiger partial charge in [-0.25, -0.2) is 8.42 Å². The van der Waals surface area contributed by atoms with E-state index in [1.807, 2.05) is 0 Å². The van der Waals surface area contributed by atoms with Crippen LogP contribution >= 0.6 is 0 Å². The Kier molecular flexibility index (Phi) is 6.67. The van der Waals surface area contributed by atoms with Gasteiger partial charge in [0.15, 0.2) is 6.61 Å². The maximum atomic E-state index is 13.0. The zero-order valence-electron chi connectivity index (χ0n) is 16.0. The number of carbonyl (C=O) groups excluding carboxylic acids is 1. The maximum absolute atomic E-state index is 13.0. The lowest BCUT2D eigenvalue weighted by atomic mass is 10.2. The van der Waals surface area contributed by atoms with E-state index in [2.05, 4.69) is 0 Å². The van der Waals surface area contributed by atoms with Crippen molar-refractivity contribution >= 4 is 15.9 Å². The molecule has 1 aliphatic heterocycles. The third-order valence-electron chi connectivity index (χ3n) is 4.72. The molecule has 162 valence electrons. The van der Waals surface area contributed by atoms with Gasteiger partial charge in [0.1, 0.15) is 5.75 Å². The number of rotatable bonds is 6. The lowest BCUT2D eigenvalue weighted by molar-refractivity contribution is -0.141. The van der Waals surface area contributed by atoms with Crippen LogP contribution < -0.4 is 4.74 Å². The molecule has 0 saturated carbocycles. The van der Waals surface area contributed by atoms with E-state index < -0.39 is 40.0 Å². The summed E-state index contributed by atoms with van der Waals surface area (Å²) in [6.45, 7) is -0.00178. The standard InChI is InChI=1S/C20H21F3N2O4S/c21-20(22,23)17-8-4-5-9-18(17)29-14-19(26)24-10-12-25(13-11-24)30(27,28)15-16-6-2-1-3-7-16/h1-9H,10-15H2. The average molecular weight is 442 g/mol. The molecular weight excluding hydrogens is 421 g/mol. The van der Waals surface area contributed by atoms with E-state index in [-0.39, 0.29) is 31.9 Å². The molecule has 0 spiro atoms. The van der Waals surface area contributed by atoms with Gasteiger partial charge in [0.25, 0.3) is 5.91 Å². The highest BCUT2D eigenvalue weighted by atomic mass is 32.2. The van der Waals surface area contributed by atoms with E-state index in [1.54, 1.807) is 30.3 Å². The van der Waals surface area contributed by atoms with Crippen LogP contribution in [0.15, 0.2) is 54.6 Å². The fourth-order valence-corrected chi connectivity index (χ4v) is 4.67. The fraction of sp³-hybridized carbons (Fsp3) is 0.350. The minimum Gasteiger partial charge on any atom is -0.483 e. The van der Waals surface area contributed by atoms with Gasteiger partial charge >= 0.3 is 6.18 Å². The fourth-order valence-electron chi connectivity index (χ4n) is 3.15. The molecule has 1 saturated heterocycles. The number of nitrogens with zero attached hydrogens (tertiary/aromatic N) is 2. The van der Waals surface area contributed by atoms with Crippen molar-refractivity contribution in [2.75, 3.05) is 32.8 Å². The molecule has 1 heterocycles. The van der Waals surface area contributed by atoms with Gasteiger partial charge in [-0.05, 0) is 17.7 Å². The number of piperazine rings is 1. The van der Waals surface area contributed by atoms with E-state index >= 15 is 0 Å². The lowest BCUT2D eigenvalue weighted by Crippen LogP contribution is -2.51. The minimum absolute atomic E-state index is 0.125. The van der Waals surface area contributed by atoms with Gasteiger partial charge in [-0.1, -0.05) is 42.5 Å². The molecular formula is C20H21F3N2O4S. The number of benzene rings is 2. The van der Waals surface area contributed by atoms with E-state index in [4.69, 9.17) is 4.74 Å². The van der Waals surface area contributed by atoms with Gasteiger partial charge in [-0.15, -0.1) is 0 Å². The van der Waals surface area contributed by atoms with Crippen LogP contribution in [0.3, 0.4) is 0 Å². The number of carbonyl (C=O) groups is 1. The minimum atomic E-state index is -4.58. The second kappa shape index (κ2) is 9.05. The number of alkyl halides is 3. The molecule has 3 rings (SSSR count). The topological polar surface area (TPSA) is 66.9 Å². The normalized spacial score (nSPS) is 15.8. The van der Waals surface area contributed by atoms with Crippen molar-refractivity contribution in [1.82, 2.24) is 9.21 Å². The third-order valence-corrected chi connectivity index (χ3v) is 6.57. The van der Waals surface area contributed by atoms with Crippen LogP contribution in [-0.4, -0.2) is 56.3 Å². The number of ether oxygens (including phenoxy) is 1. The molecule has 10 heteroatoms. The third kappa shape index (κ3) is 5.51. The van der Waals surface area contributed by atoms with Gasteiger partial charge in [-0.2, -0.15) is 17.5 Å². The largest absolute Gasteiger partial charge is 0.483 e. The first kappa shape index (κ1) is 22.1. The average Bonchev–Trinajstić information content (AvgIpc) is 2.72. The Hall–Kier alpha value is -2.59. The number of hydrogen-bond acceptors (Lipinski definition) is 4. The second-order valence-corrected chi connectivity index (χ2v) is 8.77. The first-order valence-corrected chi connectivity index (χ1v) is 10.9. The molecule has 0 unspecified atom stereocenters. The maximum Gasteiger partial charge on any atom is 0.419 e. The Morgan fingerprint density at radius 1 is 0.933 bits per heavy atom. The van der Waals surface area contributed by atoms with Crippen molar-refractivity contribution in [3.63, 3.8) is 0 Å². The van der Waals surface area contributed by atoms with Gasteiger partial charge in [0, 0.05) is 26.2 Å². The highest BCUT2D eigenvalue weighted by Gasteiger charge is 2.34. The summed E-state index contributed by atoms with van der Waals surface area (Å²) in [5, 5.41) is 0. The SMILES string of the molecule is O=C(COc1ccccc1C(F)(F)F)N1CCN(S(=O)(=O)Cc2ccccc2)CC1. The number of hydrogen-bond donors (Lipinski definition) is 0. The Labute approximate surface area is 172 Å². The molecule has 0 aromatic heterocycles. The van der Waals surface area contributed by atoms with Crippen molar-refractivity contribution in [3.8, 4) is 5.75 Å². The Bertz CT molecular complexity index is 973. The van der Waals surface area contributed by atoms with Crippen LogP contribution in [-0.2, 0) is 26.7 Å². The highest BCUT2D eigenvalue weighted by molar-refractivity contribution is 7.88. The van der Waals surface area contributed by atoms with Crippen LogP contribution in [0, 0.1) is 0 Å². The second-order valence-electron chi connectivity index (χ2n) is 6.80. The molecule has 1 amide bonds. The van der Waals surface area contributed by atoms with Gasteiger partial charge in [-0.3, -0.25) is 4.79 Å². The zero-order valence-corrected chi connectivity index (χ0v) is 16.8. The highest BCUT2D eigenvalue weighted by Crippen LogP contribution is 2.35. The predicted molar refractivity (Wildman–Crippen MR) is 104 cm³/mol. The number of para-hydroxylation sites is 1. The van der Waals surface area contributed by atoms with Crippen LogP contribution in [0.5, 0.6) is 5.75 Å². The Balaban J connectivity index is 1.54. The Morgan fingerprint density at radius 3 is 2.17 bits per heavy atom. The van der Waals surface area contributed by atoms with Crippen molar-refractivity contribution in [2.24, 2.45) is 0 Å². The molecule has 0 aliphatic carbocycles. The van der Waals surface area contributed by atoms with Gasteiger partial charge in [0.05, 0.1) is 11.3 Å². The summed E-state index contributed by atoms with van der Waals surface area (Å²) in [6, 6.07) is 13.5. The molecule has 0 radical (unpaired) electrons.